The van der Waals surface area contributed by atoms with Gasteiger partial charge in [0.05, 0.1) is 6.42 Å². The third-order valence-electron chi connectivity index (χ3n) is 2.10. The van der Waals surface area contributed by atoms with Crippen LogP contribution in [-0.2, 0) is 11.2 Å². The monoisotopic (exact) mass is 264 g/mol. The fourth-order valence-corrected chi connectivity index (χ4v) is 1.25. The number of carbonyl (C=O) groups excluding carboxylic acids is 1. The largest absolute Gasteiger partial charge is 0.355 e. The average Bonchev–Trinajstić information content (AvgIpc) is 2.24. The molecule has 0 bridgehead atoms. The first-order chi connectivity index (χ1) is 7.65. The number of halogens is 3. The molecule has 0 atom stereocenters. The predicted octanol–water partition coefficient (Wildman–Crippen LogP) is 1.26. The van der Waals surface area contributed by atoms with Crippen molar-refractivity contribution in [3.05, 3.63) is 35.4 Å². The molecule has 2 N–H and O–H groups in total. The summed E-state index contributed by atoms with van der Waals surface area (Å²) in [5.41, 5.74) is -0.190. The molecule has 0 unspecified atom stereocenters. The molecule has 0 fully saturated rings. The molecular weight excluding hydrogens is 250 g/mol. The van der Waals surface area contributed by atoms with E-state index in [2.05, 4.69) is 10.6 Å². The number of nitrogens with one attached hydrogen (secondary N) is 2. The molecule has 0 heterocycles. The zero-order valence-electron chi connectivity index (χ0n) is 9.43. The topological polar surface area (TPSA) is 41.1 Å². The minimum atomic E-state index is -0.691. The number of rotatable bonds is 5. The number of hydrogen-bond acceptors (Lipinski definition) is 2. The minimum Gasteiger partial charge on any atom is -0.355 e. The van der Waals surface area contributed by atoms with E-state index in [1.54, 1.807) is 7.05 Å². The Morgan fingerprint density at radius 3 is 2.35 bits per heavy atom. The number of amides is 1. The molecule has 96 valence electrons. The quantitative estimate of drug-likeness (QED) is 0.787. The van der Waals surface area contributed by atoms with Crippen LogP contribution in [0.4, 0.5) is 8.78 Å². The highest BCUT2D eigenvalue weighted by Gasteiger charge is 2.12. The first-order valence-electron chi connectivity index (χ1n) is 4.99. The molecule has 1 amide bonds. The number of carbonyl (C=O) groups is 1. The van der Waals surface area contributed by atoms with E-state index in [9.17, 15) is 13.6 Å². The van der Waals surface area contributed by atoms with Crippen molar-refractivity contribution in [2.24, 2.45) is 0 Å². The molecule has 3 nitrogen and oxygen atoms in total. The fraction of sp³-hybridized carbons (Fsp3) is 0.364. The third kappa shape index (κ3) is 5.10. The average molecular weight is 265 g/mol. The van der Waals surface area contributed by atoms with Crippen molar-refractivity contribution in [2.45, 2.75) is 6.42 Å². The van der Waals surface area contributed by atoms with Crippen LogP contribution in [-0.4, -0.2) is 26.0 Å². The van der Waals surface area contributed by atoms with Gasteiger partial charge in [-0.05, 0) is 19.2 Å². The molecule has 1 aromatic carbocycles. The van der Waals surface area contributed by atoms with Crippen LogP contribution in [0.5, 0.6) is 0 Å². The van der Waals surface area contributed by atoms with E-state index >= 15 is 0 Å². The maximum absolute atomic E-state index is 13.2. The Balaban J connectivity index is 0.00000256. The Bertz CT molecular complexity index is 354. The molecule has 0 aliphatic rings. The highest BCUT2D eigenvalue weighted by atomic mass is 35.5. The minimum absolute atomic E-state index is 0. The molecule has 6 heteroatoms. The molecule has 1 aromatic rings. The Labute approximate surface area is 105 Å². The smallest absolute Gasteiger partial charge is 0.224 e. The number of benzene rings is 1. The summed E-state index contributed by atoms with van der Waals surface area (Å²) in [5.74, 6) is -1.77. The first-order valence-corrected chi connectivity index (χ1v) is 4.99. The maximum Gasteiger partial charge on any atom is 0.224 e. The Morgan fingerprint density at radius 1 is 1.24 bits per heavy atom. The van der Waals surface area contributed by atoms with E-state index in [0.717, 1.165) is 12.1 Å². The van der Waals surface area contributed by atoms with Crippen molar-refractivity contribution in [3.63, 3.8) is 0 Å². The second-order valence-electron chi connectivity index (χ2n) is 3.33. The molecule has 0 radical (unpaired) electrons. The Kier molecular flexibility index (Phi) is 7.41. The zero-order chi connectivity index (χ0) is 12.0. The Hall–Kier alpha value is -1.20. The van der Waals surface area contributed by atoms with Gasteiger partial charge in [0, 0.05) is 18.7 Å². The summed E-state index contributed by atoms with van der Waals surface area (Å²) in [5, 5.41) is 5.40. The van der Waals surface area contributed by atoms with Crippen LogP contribution in [0.1, 0.15) is 5.56 Å². The molecule has 0 saturated heterocycles. The second-order valence-corrected chi connectivity index (χ2v) is 3.33. The van der Waals surface area contributed by atoms with Gasteiger partial charge in [0.25, 0.3) is 0 Å². The molecule has 1 rings (SSSR count). The van der Waals surface area contributed by atoms with Gasteiger partial charge in [-0.1, -0.05) is 6.07 Å². The first kappa shape index (κ1) is 15.8. The molecule has 0 saturated carbocycles. The summed E-state index contributed by atoms with van der Waals surface area (Å²) >= 11 is 0. The van der Waals surface area contributed by atoms with Crippen molar-refractivity contribution in [1.29, 1.82) is 0 Å². The van der Waals surface area contributed by atoms with Crippen LogP contribution < -0.4 is 10.6 Å². The van der Waals surface area contributed by atoms with Crippen LogP contribution in [0.2, 0.25) is 0 Å². The lowest BCUT2D eigenvalue weighted by atomic mass is 10.1. The Morgan fingerprint density at radius 2 is 1.82 bits per heavy atom. The van der Waals surface area contributed by atoms with Crippen molar-refractivity contribution in [3.8, 4) is 0 Å². The lowest BCUT2D eigenvalue weighted by Gasteiger charge is -2.06. The van der Waals surface area contributed by atoms with Gasteiger partial charge in [0.15, 0.2) is 0 Å². The SMILES string of the molecule is CNCCNC(=O)Cc1c(F)cccc1F.Cl. The van der Waals surface area contributed by atoms with Crippen LogP contribution >= 0.6 is 12.4 Å². The number of likely N-dealkylation sites (N-methyl/N-ethyl adjacent to an activating group) is 1. The van der Waals surface area contributed by atoms with Crippen molar-refractivity contribution < 1.29 is 13.6 Å². The van der Waals surface area contributed by atoms with E-state index < -0.39 is 11.6 Å². The summed E-state index contributed by atoms with van der Waals surface area (Å²) < 4.78 is 26.3. The van der Waals surface area contributed by atoms with E-state index in [0.29, 0.717) is 13.1 Å². The van der Waals surface area contributed by atoms with Gasteiger partial charge in [-0.3, -0.25) is 4.79 Å². The molecular formula is C11H15ClF2N2O. The summed E-state index contributed by atoms with van der Waals surface area (Å²) in [6, 6.07) is 3.55. The van der Waals surface area contributed by atoms with Gasteiger partial charge in [-0.2, -0.15) is 0 Å². The van der Waals surface area contributed by atoms with E-state index in [-0.39, 0.29) is 30.3 Å². The fourth-order valence-electron chi connectivity index (χ4n) is 1.25. The summed E-state index contributed by atoms with van der Waals surface area (Å²) in [6.45, 7) is 1.05. The lowest BCUT2D eigenvalue weighted by Crippen LogP contribution is -2.31. The highest BCUT2D eigenvalue weighted by molar-refractivity contribution is 5.85. The molecule has 0 aliphatic heterocycles. The normalized spacial score (nSPS) is 9.59. The number of hydrogen-bond donors (Lipinski definition) is 2. The summed E-state index contributed by atoms with van der Waals surface area (Å²) in [7, 11) is 1.75. The van der Waals surface area contributed by atoms with Crippen molar-refractivity contribution >= 4 is 18.3 Å². The summed E-state index contributed by atoms with van der Waals surface area (Å²) in [4.78, 5) is 11.3. The summed E-state index contributed by atoms with van der Waals surface area (Å²) in [6.07, 6.45) is -0.276. The van der Waals surface area contributed by atoms with Crippen LogP contribution in [0.25, 0.3) is 0 Å². The third-order valence-corrected chi connectivity index (χ3v) is 2.10. The highest BCUT2D eigenvalue weighted by Crippen LogP contribution is 2.12. The predicted molar refractivity (Wildman–Crippen MR) is 64.2 cm³/mol. The van der Waals surface area contributed by atoms with Gasteiger partial charge in [0.1, 0.15) is 11.6 Å². The molecule has 0 spiro atoms. The van der Waals surface area contributed by atoms with E-state index in [1.807, 2.05) is 0 Å². The van der Waals surface area contributed by atoms with Gasteiger partial charge >= 0.3 is 0 Å². The van der Waals surface area contributed by atoms with Crippen LogP contribution in [0.15, 0.2) is 18.2 Å². The molecule has 0 aliphatic carbocycles. The van der Waals surface area contributed by atoms with Crippen LogP contribution in [0.3, 0.4) is 0 Å². The zero-order valence-corrected chi connectivity index (χ0v) is 10.2. The molecule has 0 aromatic heterocycles. The van der Waals surface area contributed by atoms with Crippen LogP contribution in [0, 0.1) is 11.6 Å². The van der Waals surface area contributed by atoms with Gasteiger partial charge in [-0.25, -0.2) is 8.78 Å². The van der Waals surface area contributed by atoms with Gasteiger partial charge in [0.2, 0.25) is 5.91 Å². The standard InChI is InChI=1S/C11H14F2N2O.ClH/c1-14-5-6-15-11(16)7-8-9(12)3-2-4-10(8)13;/h2-4,14H,5-7H2,1H3,(H,15,16);1H. The second kappa shape index (κ2) is 7.97. The van der Waals surface area contributed by atoms with Crippen molar-refractivity contribution in [2.75, 3.05) is 20.1 Å². The van der Waals surface area contributed by atoms with Gasteiger partial charge in [-0.15, -0.1) is 12.4 Å². The maximum atomic E-state index is 13.2. The van der Waals surface area contributed by atoms with Gasteiger partial charge < -0.3 is 10.6 Å². The van der Waals surface area contributed by atoms with Crippen molar-refractivity contribution in [1.82, 2.24) is 10.6 Å². The molecule has 17 heavy (non-hydrogen) atoms. The van der Waals surface area contributed by atoms with E-state index in [4.69, 9.17) is 0 Å². The lowest BCUT2D eigenvalue weighted by molar-refractivity contribution is -0.120. The van der Waals surface area contributed by atoms with E-state index in [1.165, 1.54) is 6.07 Å².